The van der Waals surface area contributed by atoms with Crippen LogP contribution in [0, 0.1) is 0 Å². The fraction of sp³-hybridized carbons (Fsp3) is 0.320. The molecular weight excluding hydrogens is 470 g/mol. The van der Waals surface area contributed by atoms with Gasteiger partial charge in [-0.2, -0.15) is 0 Å². The Balaban J connectivity index is 1.46. The average molecular weight is 498 g/mol. The van der Waals surface area contributed by atoms with Crippen molar-refractivity contribution >= 4 is 45.6 Å². The number of nitrogens with zero attached hydrogens (tertiary/aromatic N) is 3. The molecule has 34 heavy (non-hydrogen) atoms. The Morgan fingerprint density at radius 3 is 2.47 bits per heavy atom. The third-order valence-corrected chi connectivity index (χ3v) is 6.96. The lowest BCUT2D eigenvalue weighted by atomic mass is 10.0. The minimum Gasteiger partial charge on any atom is -0.339 e. The Morgan fingerprint density at radius 2 is 1.76 bits per heavy atom. The summed E-state index contributed by atoms with van der Waals surface area (Å²) in [6, 6.07) is 16.4. The predicted octanol–water partition coefficient (Wildman–Crippen LogP) is 4.05. The van der Waals surface area contributed by atoms with E-state index in [-0.39, 0.29) is 17.5 Å². The fourth-order valence-corrected chi connectivity index (χ4v) is 4.79. The molecule has 1 aliphatic rings. The van der Waals surface area contributed by atoms with Gasteiger partial charge in [0.25, 0.3) is 5.91 Å². The highest BCUT2D eigenvalue weighted by atomic mass is 35.5. The van der Waals surface area contributed by atoms with E-state index in [2.05, 4.69) is 27.4 Å². The summed E-state index contributed by atoms with van der Waals surface area (Å²) in [5, 5.41) is 8.88. The lowest BCUT2D eigenvalue weighted by Crippen LogP contribution is -2.55. The average Bonchev–Trinajstić information content (AvgIpc) is 3.34. The number of carbonyl (C=O) groups is 2. The molecular formula is C25H28ClN5O2S. The van der Waals surface area contributed by atoms with Crippen LogP contribution in [0.3, 0.4) is 0 Å². The molecule has 9 heteroatoms. The second-order valence-corrected chi connectivity index (χ2v) is 9.38. The summed E-state index contributed by atoms with van der Waals surface area (Å²) in [5.74, 6) is -0.428. The number of rotatable bonds is 8. The highest BCUT2D eigenvalue weighted by molar-refractivity contribution is 7.14. The maximum Gasteiger partial charge on any atom is 0.271 e. The normalized spacial score (nSPS) is 15.1. The van der Waals surface area contributed by atoms with Crippen LogP contribution in [0.15, 0.2) is 60.0 Å². The van der Waals surface area contributed by atoms with Crippen LogP contribution in [-0.4, -0.2) is 65.4 Å². The summed E-state index contributed by atoms with van der Waals surface area (Å²) in [6.45, 7) is 6.11. The standard InChI is InChI=1S/C25H28ClN5O2S/c1-2-30-12-14-31(15-13-30)24(33)21(16-18-8-4-3-5-9-18)27-23(32)22-17-34-25(29-22)28-20-11-7-6-10-19(20)26/h3-11,17,21H,2,12-16H2,1H3,(H,27,32)(H,28,29). The zero-order valence-electron chi connectivity index (χ0n) is 19.0. The molecule has 0 aliphatic carbocycles. The molecule has 0 saturated carbocycles. The van der Waals surface area contributed by atoms with E-state index in [1.54, 1.807) is 11.4 Å². The molecule has 1 fully saturated rings. The van der Waals surface area contributed by atoms with Gasteiger partial charge in [0.15, 0.2) is 5.13 Å². The Morgan fingerprint density at radius 1 is 1.06 bits per heavy atom. The topological polar surface area (TPSA) is 77.6 Å². The van der Waals surface area contributed by atoms with E-state index in [4.69, 9.17) is 11.6 Å². The number of benzene rings is 2. The first kappa shape index (κ1) is 24.2. The second kappa shape index (κ2) is 11.5. The van der Waals surface area contributed by atoms with Gasteiger partial charge < -0.3 is 20.4 Å². The van der Waals surface area contributed by atoms with E-state index in [9.17, 15) is 9.59 Å². The van der Waals surface area contributed by atoms with Gasteiger partial charge in [-0.05, 0) is 24.2 Å². The molecule has 4 rings (SSSR count). The lowest BCUT2D eigenvalue weighted by molar-refractivity contribution is -0.135. The SMILES string of the molecule is CCN1CCN(C(=O)C(Cc2ccccc2)NC(=O)c2csc(Nc3ccccc3Cl)n2)CC1. The highest BCUT2D eigenvalue weighted by Crippen LogP contribution is 2.26. The van der Waals surface area contributed by atoms with Gasteiger partial charge in [-0.3, -0.25) is 9.59 Å². The number of para-hydroxylation sites is 1. The first-order valence-electron chi connectivity index (χ1n) is 11.4. The first-order valence-corrected chi connectivity index (χ1v) is 12.6. The maximum atomic E-state index is 13.4. The van der Waals surface area contributed by atoms with E-state index in [0.717, 1.165) is 25.2 Å². The van der Waals surface area contributed by atoms with Crippen molar-refractivity contribution < 1.29 is 9.59 Å². The maximum absolute atomic E-state index is 13.4. The van der Waals surface area contributed by atoms with Crippen molar-refractivity contribution in [1.29, 1.82) is 0 Å². The van der Waals surface area contributed by atoms with Crippen molar-refractivity contribution in [3.63, 3.8) is 0 Å². The molecule has 2 heterocycles. The van der Waals surface area contributed by atoms with Gasteiger partial charge in [-0.1, -0.05) is 61.0 Å². The molecule has 1 aromatic heterocycles. The van der Waals surface area contributed by atoms with E-state index in [0.29, 0.717) is 35.4 Å². The van der Waals surface area contributed by atoms with E-state index < -0.39 is 6.04 Å². The molecule has 1 unspecified atom stereocenters. The molecule has 0 spiro atoms. The number of likely N-dealkylation sites (N-methyl/N-ethyl adjacent to an activating group) is 1. The van der Waals surface area contributed by atoms with Crippen molar-refractivity contribution in [2.24, 2.45) is 0 Å². The molecule has 1 aliphatic heterocycles. The summed E-state index contributed by atoms with van der Waals surface area (Å²) in [5.41, 5.74) is 1.97. The number of hydrogen-bond donors (Lipinski definition) is 2. The monoisotopic (exact) mass is 497 g/mol. The van der Waals surface area contributed by atoms with Crippen LogP contribution in [0.4, 0.5) is 10.8 Å². The number of thiazole rings is 1. The van der Waals surface area contributed by atoms with Gasteiger partial charge in [0.1, 0.15) is 11.7 Å². The number of piperazine rings is 1. The van der Waals surface area contributed by atoms with Crippen LogP contribution >= 0.6 is 22.9 Å². The zero-order chi connectivity index (χ0) is 23.9. The third-order valence-electron chi connectivity index (χ3n) is 5.87. The van der Waals surface area contributed by atoms with Crippen molar-refractivity contribution in [2.75, 3.05) is 38.0 Å². The van der Waals surface area contributed by atoms with Crippen LogP contribution < -0.4 is 10.6 Å². The van der Waals surface area contributed by atoms with Crippen molar-refractivity contribution in [1.82, 2.24) is 20.1 Å². The molecule has 0 radical (unpaired) electrons. The largest absolute Gasteiger partial charge is 0.339 e. The minimum absolute atomic E-state index is 0.0578. The smallest absolute Gasteiger partial charge is 0.271 e. The summed E-state index contributed by atoms with van der Waals surface area (Å²) < 4.78 is 0. The van der Waals surface area contributed by atoms with E-state index in [1.165, 1.54) is 11.3 Å². The number of halogens is 1. The molecule has 2 aromatic carbocycles. The molecule has 7 nitrogen and oxygen atoms in total. The number of anilines is 2. The predicted molar refractivity (Wildman–Crippen MR) is 137 cm³/mol. The Hall–Kier alpha value is -2.94. The second-order valence-electron chi connectivity index (χ2n) is 8.12. The number of amides is 2. The van der Waals surface area contributed by atoms with Crippen molar-refractivity contribution in [3.8, 4) is 0 Å². The number of aromatic nitrogens is 1. The van der Waals surface area contributed by atoms with E-state index in [1.807, 2.05) is 53.4 Å². The number of nitrogens with one attached hydrogen (secondary N) is 2. The lowest BCUT2D eigenvalue weighted by Gasteiger charge is -2.36. The first-order chi connectivity index (χ1) is 16.5. The van der Waals surface area contributed by atoms with Crippen LogP contribution in [0.25, 0.3) is 0 Å². The highest BCUT2D eigenvalue weighted by Gasteiger charge is 2.29. The third kappa shape index (κ3) is 6.14. The zero-order valence-corrected chi connectivity index (χ0v) is 20.6. The van der Waals surface area contributed by atoms with Crippen LogP contribution in [0.1, 0.15) is 23.0 Å². The van der Waals surface area contributed by atoms with Crippen LogP contribution in [0.5, 0.6) is 0 Å². The van der Waals surface area contributed by atoms with Gasteiger partial charge in [0.05, 0.1) is 10.7 Å². The molecule has 3 aromatic rings. The van der Waals surface area contributed by atoms with Crippen molar-refractivity contribution in [2.45, 2.75) is 19.4 Å². The molecule has 1 atom stereocenters. The minimum atomic E-state index is -0.662. The molecule has 2 N–H and O–H groups in total. The summed E-state index contributed by atoms with van der Waals surface area (Å²) >= 11 is 7.52. The van der Waals surface area contributed by atoms with Gasteiger partial charge >= 0.3 is 0 Å². The molecule has 2 amide bonds. The number of hydrogen-bond acceptors (Lipinski definition) is 6. The van der Waals surface area contributed by atoms with E-state index >= 15 is 0 Å². The Bertz CT molecular complexity index is 1120. The Kier molecular flexibility index (Phi) is 8.16. The van der Waals surface area contributed by atoms with Gasteiger partial charge in [-0.15, -0.1) is 11.3 Å². The van der Waals surface area contributed by atoms with Gasteiger partial charge in [-0.25, -0.2) is 4.98 Å². The van der Waals surface area contributed by atoms with Gasteiger partial charge in [0, 0.05) is 38.0 Å². The van der Waals surface area contributed by atoms with Crippen LogP contribution in [-0.2, 0) is 11.2 Å². The number of carbonyl (C=O) groups excluding carboxylic acids is 2. The quantitative estimate of drug-likeness (QED) is 0.491. The molecule has 1 saturated heterocycles. The summed E-state index contributed by atoms with van der Waals surface area (Å²) in [6.07, 6.45) is 0.425. The summed E-state index contributed by atoms with van der Waals surface area (Å²) in [7, 11) is 0. The van der Waals surface area contributed by atoms with Crippen LogP contribution in [0.2, 0.25) is 5.02 Å². The summed E-state index contributed by atoms with van der Waals surface area (Å²) in [4.78, 5) is 35.0. The van der Waals surface area contributed by atoms with Crippen molar-refractivity contribution in [3.05, 3.63) is 76.3 Å². The van der Waals surface area contributed by atoms with Gasteiger partial charge in [0.2, 0.25) is 5.91 Å². The Labute approximate surface area is 208 Å². The fourth-order valence-electron chi connectivity index (χ4n) is 3.90. The molecule has 0 bridgehead atoms. The molecule has 178 valence electrons.